The molecular formula is C11H13N3O2. The second-order valence-electron chi connectivity index (χ2n) is 3.65. The van der Waals surface area contributed by atoms with Crippen molar-refractivity contribution >= 4 is 5.91 Å². The van der Waals surface area contributed by atoms with Gasteiger partial charge in [-0.15, -0.1) is 0 Å². The fourth-order valence-electron chi connectivity index (χ4n) is 1.41. The van der Waals surface area contributed by atoms with Gasteiger partial charge in [-0.3, -0.25) is 4.79 Å². The minimum absolute atomic E-state index is 0.109. The average Bonchev–Trinajstić information content (AvgIpc) is 2.32. The lowest BCUT2D eigenvalue weighted by atomic mass is 10.1. The molecule has 5 nitrogen and oxygen atoms in total. The molecule has 1 amide bonds. The Morgan fingerprint density at radius 3 is 3.00 bits per heavy atom. The van der Waals surface area contributed by atoms with Crippen molar-refractivity contribution in [1.82, 2.24) is 15.3 Å². The third kappa shape index (κ3) is 2.56. The third-order valence-electron chi connectivity index (χ3n) is 2.33. The van der Waals surface area contributed by atoms with Crippen molar-refractivity contribution in [2.75, 3.05) is 6.54 Å². The van der Waals surface area contributed by atoms with Crippen LogP contribution in [0.5, 0.6) is 0 Å². The van der Waals surface area contributed by atoms with E-state index >= 15 is 0 Å². The maximum Gasteiger partial charge on any atom is 0.247 e. The Morgan fingerprint density at radius 1 is 1.50 bits per heavy atom. The van der Waals surface area contributed by atoms with E-state index in [1.807, 2.05) is 6.92 Å². The predicted molar refractivity (Wildman–Crippen MR) is 57.1 cm³/mol. The maximum absolute atomic E-state index is 11.1. The van der Waals surface area contributed by atoms with Crippen molar-refractivity contribution < 1.29 is 9.53 Å². The van der Waals surface area contributed by atoms with Crippen molar-refractivity contribution in [3.63, 3.8) is 0 Å². The molecule has 0 aliphatic carbocycles. The molecule has 1 aromatic rings. The number of nitrogens with one attached hydrogen (secondary N) is 1. The highest BCUT2D eigenvalue weighted by molar-refractivity contribution is 5.88. The molecule has 16 heavy (non-hydrogen) atoms. The number of hydrogen-bond acceptors (Lipinski definition) is 4. The Labute approximate surface area is 93.6 Å². The molecule has 0 aromatic carbocycles. The van der Waals surface area contributed by atoms with Crippen LogP contribution in [0.25, 0.3) is 0 Å². The molecule has 0 radical (unpaired) electrons. The summed E-state index contributed by atoms with van der Waals surface area (Å²) in [6.45, 7) is 2.90. The van der Waals surface area contributed by atoms with Gasteiger partial charge in [0.15, 0.2) is 5.82 Å². The lowest BCUT2D eigenvalue weighted by Crippen LogP contribution is -2.33. The van der Waals surface area contributed by atoms with Crippen LogP contribution in [0.3, 0.4) is 0 Å². The Kier molecular flexibility index (Phi) is 3.14. The molecule has 2 heterocycles. The molecule has 0 bridgehead atoms. The van der Waals surface area contributed by atoms with Gasteiger partial charge in [-0.05, 0) is 6.07 Å². The highest BCUT2D eigenvalue weighted by Crippen LogP contribution is 2.15. The van der Waals surface area contributed by atoms with Crippen molar-refractivity contribution in [1.29, 1.82) is 0 Å². The van der Waals surface area contributed by atoms with Gasteiger partial charge in [-0.2, -0.15) is 0 Å². The molecule has 0 spiro atoms. The van der Waals surface area contributed by atoms with Crippen LogP contribution >= 0.6 is 0 Å². The molecular weight excluding hydrogens is 206 g/mol. The van der Waals surface area contributed by atoms with Gasteiger partial charge in [-0.25, -0.2) is 9.97 Å². The smallest absolute Gasteiger partial charge is 0.247 e. The van der Waals surface area contributed by atoms with Crippen LogP contribution in [0.15, 0.2) is 30.3 Å². The minimum Gasteiger partial charge on any atom is -0.489 e. The number of amides is 1. The van der Waals surface area contributed by atoms with Crippen molar-refractivity contribution in [2.24, 2.45) is 5.92 Å². The van der Waals surface area contributed by atoms with E-state index in [9.17, 15) is 4.79 Å². The summed E-state index contributed by atoms with van der Waals surface area (Å²) in [6.07, 6.45) is 4.81. The van der Waals surface area contributed by atoms with E-state index in [1.54, 1.807) is 18.5 Å². The van der Waals surface area contributed by atoms with E-state index in [0.29, 0.717) is 24.7 Å². The molecule has 1 aromatic heterocycles. The molecule has 84 valence electrons. The van der Waals surface area contributed by atoms with Gasteiger partial charge in [0, 0.05) is 30.9 Å². The minimum atomic E-state index is -0.109. The largest absolute Gasteiger partial charge is 0.489 e. The van der Waals surface area contributed by atoms with Gasteiger partial charge in [0.2, 0.25) is 5.91 Å². The van der Waals surface area contributed by atoms with Crippen LogP contribution in [-0.2, 0) is 16.1 Å². The first-order valence-electron chi connectivity index (χ1n) is 5.14. The van der Waals surface area contributed by atoms with Crippen LogP contribution in [-0.4, -0.2) is 22.4 Å². The van der Waals surface area contributed by atoms with Gasteiger partial charge < -0.3 is 10.1 Å². The number of rotatable bonds is 3. The summed E-state index contributed by atoms with van der Waals surface area (Å²) in [5, 5.41) is 2.73. The van der Waals surface area contributed by atoms with E-state index in [2.05, 4.69) is 15.3 Å². The molecule has 0 fully saturated rings. The second kappa shape index (κ2) is 4.74. The van der Waals surface area contributed by atoms with Gasteiger partial charge in [0.25, 0.3) is 0 Å². The van der Waals surface area contributed by atoms with Gasteiger partial charge in [-0.1, -0.05) is 6.92 Å². The van der Waals surface area contributed by atoms with E-state index < -0.39 is 0 Å². The molecule has 0 saturated heterocycles. The second-order valence-corrected chi connectivity index (χ2v) is 3.65. The molecule has 1 N–H and O–H groups in total. The molecule has 2 rings (SSSR count). The van der Waals surface area contributed by atoms with Gasteiger partial charge >= 0.3 is 0 Å². The van der Waals surface area contributed by atoms with Crippen LogP contribution in [0.4, 0.5) is 0 Å². The quantitative estimate of drug-likeness (QED) is 0.810. The molecule has 5 heteroatoms. The predicted octanol–water partition coefficient (Wildman–Crippen LogP) is 0.643. The summed E-state index contributed by atoms with van der Waals surface area (Å²) < 4.78 is 5.53. The van der Waals surface area contributed by atoms with Crippen LogP contribution in [0.2, 0.25) is 0 Å². The normalized spacial score (nSPS) is 19.9. The van der Waals surface area contributed by atoms with Crippen molar-refractivity contribution in [2.45, 2.75) is 13.5 Å². The van der Waals surface area contributed by atoms with Crippen molar-refractivity contribution in [3.8, 4) is 0 Å². The van der Waals surface area contributed by atoms with E-state index in [0.717, 1.165) is 0 Å². The first-order valence-corrected chi connectivity index (χ1v) is 5.14. The Balaban J connectivity index is 1.97. The first-order chi connectivity index (χ1) is 7.75. The number of carbonyl (C=O) groups is 1. The summed E-state index contributed by atoms with van der Waals surface area (Å²) in [5.74, 6) is 1.39. The number of nitrogens with zero attached hydrogens (tertiary/aromatic N) is 2. The zero-order chi connectivity index (χ0) is 11.4. The number of hydrogen-bond donors (Lipinski definition) is 1. The Morgan fingerprint density at radius 2 is 2.25 bits per heavy atom. The summed E-state index contributed by atoms with van der Waals surface area (Å²) in [6, 6.07) is 1.75. The SMILES string of the molecule is CC1CNC(=O)C=C1OCc1ncccn1. The van der Waals surface area contributed by atoms with Crippen LogP contribution < -0.4 is 5.32 Å². The topological polar surface area (TPSA) is 64.1 Å². The van der Waals surface area contributed by atoms with Crippen LogP contribution in [0, 0.1) is 5.92 Å². The Hall–Kier alpha value is -1.91. The lowest BCUT2D eigenvalue weighted by molar-refractivity contribution is -0.117. The third-order valence-corrected chi connectivity index (χ3v) is 2.33. The summed E-state index contributed by atoms with van der Waals surface area (Å²) in [4.78, 5) is 19.2. The van der Waals surface area contributed by atoms with E-state index in [-0.39, 0.29) is 11.8 Å². The first kappa shape index (κ1) is 10.6. The lowest BCUT2D eigenvalue weighted by Gasteiger charge is -2.21. The Bertz CT molecular complexity index is 403. The fraction of sp³-hybridized carbons (Fsp3) is 0.364. The molecule has 1 atom stereocenters. The zero-order valence-corrected chi connectivity index (χ0v) is 9.01. The average molecular weight is 219 g/mol. The number of carbonyl (C=O) groups excluding carboxylic acids is 1. The molecule has 1 unspecified atom stereocenters. The molecule has 0 saturated carbocycles. The van der Waals surface area contributed by atoms with Crippen LogP contribution in [0.1, 0.15) is 12.7 Å². The maximum atomic E-state index is 11.1. The highest BCUT2D eigenvalue weighted by Gasteiger charge is 2.18. The monoisotopic (exact) mass is 219 g/mol. The summed E-state index contributed by atoms with van der Waals surface area (Å²) >= 11 is 0. The van der Waals surface area contributed by atoms with E-state index in [1.165, 1.54) is 6.08 Å². The van der Waals surface area contributed by atoms with Crippen molar-refractivity contribution in [3.05, 3.63) is 36.1 Å². The van der Waals surface area contributed by atoms with Gasteiger partial charge in [0.1, 0.15) is 12.4 Å². The zero-order valence-electron chi connectivity index (χ0n) is 9.01. The summed E-state index contributed by atoms with van der Waals surface area (Å²) in [7, 11) is 0. The highest BCUT2D eigenvalue weighted by atomic mass is 16.5. The standard InChI is InChI=1S/C11H13N3O2/c1-8-6-14-11(15)5-9(8)16-7-10-12-3-2-4-13-10/h2-5,8H,6-7H2,1H3,(H,14,15). The molecule has 1 aliphatic heterocycles. The fourth-order valence-corrected chi connectivity index (χ4v) is 1.41. The number of ether oxygens (including phenoxy) is 1. The van der Waals surface area contributed by atoms with E-state index in [4.69, 9.17) is 4.74 Å². The number of aromatic nitrogens is 2. The van der Waals surface area contributed by atoms with Gasteiger partial charge in [0.05, 0.1) is 0 Å². The molecule has 1 aliphatic rings. The summed E-state index contributed by atoms with van der Waals surface area (Å²) in [5.41, 5.74) is 0.